The summed E-state index contributed by atoms with van der Waals surface area (Å²) in [5.41, 5.74) is 2.15. The van der Waals surface area contributed by atoms with Crippen LogP contribution in [0.5, 0.6) is 0 Å². The SMILES string of the molecule is Cn1c(CCNC(=O)N2CC[C@H](N3CCCCC3)C2)nc2ccccc21. The molecule has 2 amide bonds. The fourth-order valence-corrected chi connectivity index (χ4v) is 4.32. The van der Waals surface area contributed by atoms with Crippen LogP contribution in [0.25, 0.3) is 11.0 Å². The van der Waals surface area contributed by atoms with Gasteiger partial charge in [-0.15, -0.1) is 0 Å². The zero-order valence-corrected chi connectivity index (χ0v) is 15.7. The number of fused-ring (bicyclic) bond motifs is 1. The predicted octanol–water partition coefficient (Wildman–Crippen LogP) is 2.39. The van der Waals surface area contributed by atoms with E-state index in [4.69, 9.17) is 0 Å². The molecular formula is C20H29N5O. The Morgan fingerprint density at radius 2 is 2.00 bits per heavy atom. The van der Waals surface area contributed by atoms with Crippen LogP contribution in [0.1, 0.15) is 31.5 Å². The van der Waals surface area contributed by atoms with Crippen molar-refractivity contribution in [2.45, 2.75) is 38.1 Å². The van der Waals surface area contributed by atoms with E-state index in [0.29, 0.717) is 12.6 Å². The van der Waals surface area contributed by atoms with E-state index < -0.39 is 0 Å². The van der Waals surface area contributed by atoms with Gasteiger partial charge in [-0.05, 0) is 44.5 Å². The van der Waals surface area contributed by atoms with Crippen LogP contribution in [0.15, 0.2) is 24.3 Å². The van der Waals surface area contributed by atoms with Gasteiger partial charge in [0.15, 0.2) is 0 Å². The Balaban J connectivity index is 1.27. The number of carbonyl (C=O) groups is 1. The van der Waals surface area contributed by atoms with Gasteiger partial charge in [0.25, 0.3) is 0 Å². The number of hydrogen-bond donors (Lipinski definition) is 1. The number of piperidine rings is 1. The topological polar surface area (TPSA) is 53.4 Å². The summed E-state index contributed by atoms with van der Waals surface area (Å²) in [5, 5.41) is 3.08. The first kappa shape index (κ1) is 17.3. The second-order valence-electron chi connectivity index (χ2n) is 7.54. The van der Waals surface area contributed by atoms with Crippen LogP contribution >= 0.6 is 0 Å². The van der Waals surface area contributed by atoms with Gasteiger partial charge in [-0.2, -0.15) is 0 Å². The van der Waals surface area contributed by atoms with E-state index in [1.807, 2.05) is 30.1 Å². The molecule has 2 aliphatic rings. The lowest BCUT2D eigenvalue weighted by atomic mass is 10.1. The summed E-state index contributed by atoms with van der Waals surface area (Å²) in [5.74, 6) is 1.01. The number of rotatable bonds is 4. The number of nitrogens with zero attached hydrogens (tertiary/aromatic N) is 4. The maximum Gasteiger partial charge on any atom is 0.317 e. The number of imidazole rings is 1. The van der Waals surface area contributed by atoms with E-state index in [-0.39, 0.29) is 6.03 Å². The zero-order chi connectivity index (χ0) is 17.9. The molecule has 0 radical (unpaired) electrons. The van der Waals surface area contributed by atoms with Crippen LogP contribution in [0.4, 0.5) is 4.79 Å². The Morgan fingerprint density at radius 1 is 1.19 bits per heavy atom. The van der Waals surface area contributed by atoms with E-state index in [1.165, 1.54) is 32.4 Å². The van der Waals surface area contributed by atoms with Crippen molar-refractivity contribution < 1.29 is 4.79 Å². The van der Waals surface area contributed by atoms with E-state index in [0.717, 1.165) is 42.8 Å². The maximum atomic E-state index is 12.5. The standard InChI is InChI=1S/C20H29N5O/c1-23-18-8-4-3-7-17(18)22-19(23)9-11-21-20(26)25-14-10-16(15-25)24-12-5-2-6-13-24/h3-4,7-8,16H,2,5-6,9-15H2,1H3,(H,21,26)/t16-/m0/s1. The van der Waals surface area contributed by atoms with Crippen molar-refractivity contribution in [1.82, 2.24) is 24.7 Å². The Bertz CT molecular complexity index is 765. The largest absolute Gasteiger partial charge is 0.338 e. The predicted molar refractivity (Wildman–Crippen MR) is 103 cm³/mol. The molecule has 4 rings (SSSR count). The molecule has 1 aromatic heterocycles. The molecule has 2 aliphatic heterocycles. The van der Waals surface area contributed by atoms with Gasteiger partial charge in [-0.25, -0.2) is 9.78 Å². The Kier molecular flexibility index (Phi) is 5.11. The number of aryl methyl sites for hydroxylation is 1. The number of nitrogens with one attached hydrogen (secondary N) is 1. The fourth-order valence-electron chi connectivity index (χ4n) is 4.32. The third-order valence-corrected chi connectivity index (χ3v) is 5.86. The molecule has 1 aromatic carbocycles. The minimum Gasteiger partial charge on any atom is -0.338 e. The molecule has 2 fully saturated rings. The Hall–Kier alpha value is -2.08. The average Bonchev–Trinajstić information content (AvgIpc) is 3.29. The molecular weight excluding hydrogens is 326 g/mol. The van der Waals surface area contributed by atoms with E-state index in [2.05, 4.69) is 25.8 Å². The van der Waals surface area contributed by atoms with Crippen molar-refractivity contribution in [1.29, 1.82) is 0 Å². The number of likely N-dealkylation sites (tertiary alicyclic amines) is 2. The lowest BCUT2D eigenvalue weighted by Crippen LogP contribution is -2.44. The molecule has 1 N–H and O–H groups in total. The number of carbonyl (C=O) groups excluding carboxylic acids is 1. The minimum atomic E-state index is 0.0725. The van der Waals surface area contributed by atoms with Crippen LogP contribution in [0.2, 0.25) is 0 Å². The first-order valence-electron chi connectivity index (χ1n) is 9.89. The number of aromatic nitrogens is 2. The first-order valence-corrected chi connectivity index (χ1v) is 9.89. The number of benzene rings is 1. The van der Waals surface area contributed by atoms with Crippen LogP contribution in [-0.4, -0.2) is 64.1 Å². The summed E-state index contributed by atoms with van der Waals surface area (Å²) >= 11 is 0. The maximum absolute atomic E-state index is 12.5. The van der Waals surface area contributed by atoms with E-state index in [9.17, 15) is 4.79 Å². The van der Waals surface area contributed by atoms with Crippen molar-refractivity contribution in [3.63, 3.8) is 0 Å². The van der Waals surface area contributed by atoms with Gasteiger partial charge in [0.1, 0.15) is 5.82 Å². The van der Waals surface area contributed by atoms with Gasteiger partial charge >= 0.3 is 6.03 Å². The van der Waals surface area contributed by atoms with Crippen molar-refractivity contribution in [2.75, 3.05) is 32.7 Å². The molecule has 2 saturated heterocycles. The molecule has 6 nitrogen and oxygen atoms in total. The first-order chi connectivity index (χ1) is 12.7. The monoisotopic (exact) mass is 355 g/mol. The second-order valence-corrected chi connectivity index (χ2v) is 7.54. The van der Waals surface area contributed by atoms with E-state index in [1.54, 1.807) is 0 Å². The highest BCUT2D eigenvalue weighted by molar-refractivity contribution is 5.76. The zero-order valence-electron chi connectivity index (χ0n) is 15.7. The summed E-state index contributed by atoms with van der Waals surface area (Å²) in [6.07, 6.45) is 5.83. The van der Waals surface area contributed by atoms with Crippen molar-refractivity contribution >= 4 is 17.1 Å². The molecule has 0 spiro atoms. The molecule has 2 aromatic rings. The molecule has 0 bridgehead atoms. The quantitative estimate of drug-likeness (QED) is 0.916. The van der Waals surface area contributed by atoms with Crippen molar-refractivity contribution in [3.8, 4) is 0 Å². The van der Waals surface area contributed by atoms with Gasteiger partial charge < -0.3 is 14.8 Å². The number of urea groups is 1. The average molecular weight is 355 g/mol. The third kappa shape index (κ3) is 3.56. The van der Waals surface area contributed by atoms with E-state index >= 15 is 0 Å². The highest BCUT2D eigenvalue weighted by Gasteiger charge is 2.30. The molecule has 140 valence electrons. The molecule has 1 atom stereocenters. The van der Waals surface area contributed by atoms with Gasteiger partial charge in [-0.3, -0.25) is 4.90 Å². The lowest BCUT2D eigenvalue weighted by molar-refractivity contribution is 0.161. The van der Waals surface area contributed by atoms with Crippen LogP contribution in [-0.2, 0) is 13.5 Å². The second kappa shape index (κ2) is 7.66. The summed E-state index contributed by atoms with van der Waals surface area (Å²) in [4.78, 5) is 21.7. The Morgan fingerprint density at radius 3 is 2.81 bits per heavy atom. The highest BCUT2D eigenvalue weighted by atomic mass is 16.2. The Labute approximate surface area is 155 Å². The van der Waals surface area contributed by atoms with Gasteiger partial charge in [-0.1, -0.05) is 18.6 Å². The summed E-state index contributed by atoms with van der Waals surface area (Å²) in [6, 6.07) is 8.77. The van der Waals surface area contributed by atoms with Crippen molar-refractivity contribution in [3.05, 3.63) is 30.1 Å². The number of para-hydroxylation sites is 2. The van der Waals surface area contributed by atoms with Gasteiger partial charge in [0, 0.05) is 39.1 Å². The molecule has 0 aliphatic carbocycles. The third-order valence-electron chi connectivity index (χ3n) is 5.86. The molecule has 6 heteroatoms. The normalized spacial score (nSPS) is 21.4. The van der Waals surface area contributed by atoms with Gasteiger partial charge in [0.2, 0.25) is 0 Å². The van der Waals surface area contributed by atoms with Crippen LogP contribution in [0, 0.1) is 0 Å². The minimum absolute atomic E-state index is 0.0725. The summed E-state index contributed by atoms with van der Waals surface area (Å²) in [6.45, 7) is 4.78. The summed E-state index contributed by atoms with van der Waals surface area (Å²) < 4.78 is 2.11. The summed E-state index contributed by atoms with van der Waals surface area (Å²) in [7, 11) is 2.04. The van der Waals surface area contributed by atoms with Crippen LogP contribution in [0.3, 0.4) is 0 Å². The smallest absolute Gasteiger partial charge is 0.317 e. The number of hydrogen-bond acceptors (Lipinski definition) is 3. The lowest BCUT2D eigenvalue weighted by Gasteiger charge is -2.32. The van der Waals surface area contributed by atoms with Gasteiger partial charge in [0.05, 0.1) is 11.0 Å². The highest BCUT2D eigenvalue weighted by Crippen LogP contribution is 2.20. The molecule has 3 heterocycles. The molecule has 0 unspecified atom stereocenters. The van der Waals surface area contributed by atoms with Crippen LogP contribution < -0.4 is 5.32 Å². The molecule has 26 heavy (non-hydrogen) atoms. The molecule has 0 saturated carbocycles. The number of amides is 2. The fraction of sp³-hybridized carbons (Fsp3) is 0.600. The van der Waals surface area contributed by atoms with Crippen molar-refractivity contribution in [2.24, 2.45) is 7.05 Å².